The molecule has 0 aliphatic carbocycles. The van der Waals surface area contributed by atoms with Gasteiger partial charge in [-0.25, -0.2) is 22.8 Å². The van der Waals surface area contributed by atoms with Crippen molar-refractivity contribution >= 4 is 34.0 Å². The Balaban J connectivity index is 1.28. The third-order valence-electron chi connectivity index (χ3n) is 7.36. The first-order valence-corrected chi connectivity index (χ1v) is 13.8. The standard InChI is InChI=1S/C31H27F3N6O4/c1-17-10-29(44-26-5-3-2-4-21(26)32)36-15-25(17)40-31(35)20(14-37-40)30(42)23-11-18-12-27(43-16-28(33)34)24(13-22(18)38-23)39-8-6-19(41)7-9-39/h2-5,10-15,28,38H,6-9,16,35H2,1H3. The second-order valence-electron chi connectivity index (χ2n) is 10.3. The first-order chi connectivity index (χ1) is 21.2. The number of alkyl halides is 2. The van der Waals surface area contributed by atoms with E-state index >= 15 is 0 Å². The predicted molar refractivity (Wildman–Crippen MR) is 157 cm³/mol. The van der Waals surface area contributed by atoms with Crippen LogP contribution in [0.5, 0.6) is 17.4 Å². The number of piperidine rings is 1. The number of halogens is 3. The summed E-state index contributed by atoms with van der Waals surface area (Å²) in [4.78, 5) is 34.6. The first-order valence-electron chi connectivity index (χ1n) is 13.8. The van der Waals surface area contributed by atoms with E-state index < -0.39 is 24.6 Å². The van der Waals surface area contributed by atoms with Gasteiger partial charge in [-0.3, -0.25) is 9.59 Å². The summed E-state index contributed by atoms with van der Waals surface area (Å²) in [6, 6.07) is 12.5. The van der Waals surface area contributed by atoms with E-state index in [-0.39, 0.29) is 40.2 Å². The van der Waals surface area contributed by atoms with Gasteiger partial charge in [0, 0.05) is 42.9 Å². The lowest BCUT2D eigenvalue weighted by molar-refractivity contribution is -0.119. The maximum Gasteiger partial charge on any atom is 0.272 e. The summed E-state index contributed by atoms with van der Waals surface area (Å²) in [5, 5.41) is 4.88. The topological polar surface area (TPSA) is 128 Å². The molecule has 3 aromatic heterocycles. The Bertz CT molecular complexity index is 1880. The number of Topliss-reactive ketones (excluding diaryl/α,β-unsaturated/α-hetero) is 1. The van der Waals surface area contributed by atoms with Crippen molar-refractivity contribution in [1.29, 1.82) is 0 Å². The number of nitrogens with zero attached hydrogens (tertiary/aromatic N) is 4. The Hall–Kier alpha value is -5.33. The van der Waals surface area contributed by atoms with Crippen molar-refractivity contribution < 1.29 is 32.2 Å². The molecule has 0 amide bonds. The predicted octanol–water partition coefficient (Wildman–Crippen LogP) is 5.61. The number of aromatic nitrogens is 4. The molecule has 6 rings (SSSR count). The molecule has 1 aliphatic rings. The molecule has 1 saturated heterocycles. The van der Waals surface area contributed by atoms with E-state index in [0.717, 1.165) is 0 Å². The molecule has 226 valence electrons. The summed E-state index contributed by atoms with van der Waals surface area (Å²) >= 11 is 0. The highest BCUT2D eigenvalue weighted by atomic mass is 19.3. The van der Waals surface area contributed by atoms with Crippen LogP contribution in [0, 0.1) is 12.7 Å². The third kappa shape index (κ3) is 5.68. The lowest BCUT2D eigenvalue weighted by atomic mass is 10.1. The Labute approximate surface area is 249 Å². The second-order valence-corrected chi connectivity index (χ2v) is 10.3. The largest absolute Gasteiger partial charge is 0.485 e. The number of para-hydroxylation sites is 1. The molecule has 13 heteroatoms. The van der Waals surface area contributed by atoms with Crippen LogP contribution in [0.3, 0.4) is 0 Å². The van der Waals surface area contributed by atoms with Crippen molar-refractivity contribution in [3.05, 3.63) is 83.6 Å². The number of ketones is 2. The number of H-pyrrole nitrogens is 1. The zero-order chi connectivity index (χ0) is 31.0. The molecule has 0 spiro atoms. The smallest absolute Gasteiger partial charge is 0.272 e. The van der Waals surface area contributed by atoms with Gasteiger partial charge in [-0.2, -0.15) is 5.10 Å². The summed E-state index contributed by atoms with van der Waals surface area (Å²) < 4.78 is 52.3. The summed E-state index contributed by atoms with van der Waals surface area (Å²) in [7, 11) is 0. The van der Waals surface area contributed by atoms with Crippen molar-refractivity contribution in [3.63, 3.8) is 0 Å². The Kier molecular flexibility index (Phi) is 7.68. The van der Waals surface area contributed by atoms with Gasteiger partial charge in [-0.05, 0) is 42.8 Å². The lowest BCUT2D eigenvalue weighted by Crippen LogP contribution is -2.34. The number of ether oxygens (including phenoxy) is 2. The van der Waals surface area contributed by atoms with E-state index in [0.29, 0.717) is 53.8 Å². The minimum absolute atomic E-state index is 0.0304. The summed E-state index contributed by atoms with van der Waals surface area (Å²) in [5.74, 6) is -0.310. The molecule has 4 heterocycles. The van der Waals surface area contributed by atoms with Crippen LogP contribution in [-0.4, -0.2) is 57.4 Å². The molecule has 1 fully saturated rings. The van der Waals surface area contributed by atoms with Gasteiger partial charge < -0.3 is 25.1 Å². The van der Waals surface area contributed by atoms with Crippen LogP contribution in [-0.2, 0) is 4.79 Å². The van der Waals surface area contributed by atoms with Gasteiger partial charge >= 0.3 is 0 Å². The number of rotatable bonds is 9. The maximum absolute atomic E-state index is 14.0. The van der Waals surface area contributed by atoms with E-state index in [4.69, 9.17) is 15.2 Å². The number of nitrogens with one attached hydrogen (secondary N) is 1. The van der Waals surface area contributed by atoms with Gasteiger partial charge in [0.05, 0.1) is 35.0 Å². The first kappa shape index (κ1) is 28.8. The minimum atomic E-state index is -2.67. The second kappa shape index (κ2) is 11.7. The van der Waals surface area contributed by atoms with Crippen LogP contribution in [0.2, 0.25) is 0 Å². The molecule has 10 nitrogen and oxygen atoms in total. The van der Waals surface area contributed by atoms with Crippen LogP contribution in [0.15, 0.2) is 60.9 Å². The number of anilines is 2. The average molecular weight is 605 g/mol. The van der Waals surface area contributed by atoms with Gasteiger partial charge in [-0.15, -0.1) is 0 Å². The van der Waals surface area contributed by atoms with E-state index in [1.54, 1.807) is 43.3 Å². The van der Waals surface area contributed by atoms with Gasteiger partial charge in [-0.1, -0.05) is 12.1 Å². The number of carbonyl (C=O) groups is 2. The monoisotopic (exact) mass is 604 g/mol. The molecule has 1 aliphatic heterocycles. The highest BCUT2D eigenvalue weighted by molar-refractivity contribution is 6.12. The number of aromatic amines is 1. The van der Waals surface area contributed by atoms with Gasteiger partial charge in [0.2, 0.25) is 11.7 Å². The van der Waals surface area contributed by atoms with Crippen LogP contribution >= 0.6 is 0 Å². The highest BCUT2D eigenvalue weighted by Gasteiger charge is 2.24. The highest BCUT2D eigenvalue weighted by Crippen LogP contribution is 2.36. The van der Waals surface area contributed by atoms with E-state index in [9.17, 15) is 22.8 Å². The van der Waals surface area contributed by atoms with Gasteiger partial charge in [0.25, 0.3) is 6.43 Å². The molecule has 5 aromatic rings. The molecule has 0 bridgehead atoms. The molecular weight excluding hydrogens is 577 g/mol. The molecule has 3 N–H and O–H groups in total. The number of carbonyl (C=O) groups excluding carboxylic acids is 2. The molecule has 0 radical (unpaired) electrons. The van der Waals surface area contributed by atoms with Crippen molar-refractivity contribution in [3.8, 4) is 23.1 Å². The number of aryl methyl sites for hydroxylation is 1. The summed E-state index contributed by atoms with van der Waals surface area (Å²) in [6.07, 6.45) is 0.835. The van der Waals surface area contributed by atoms with E-state index in [1.807, 2.05) is 4.90 Å². The van der Waals surface area contributed by atoms with Crippen molar-refractivity contribution in [2.45, 2.75) is 26.2 Å². The number of nitrogens with two attached hydrogens (primary N) is 1. The van der Waals surface area contributed by atoms with Crippen LogP contribution < -0.4 is 20.1 Å². The fraction of sp³-hybridized carbons (Fsp3) is 0.226. The van der Waals surface area contributed by atoms with Crippen molar-refractivity contribution in [2.24, 2.45) is 0 Å². The minimum Gasteiger partial charge on any atom is -0.485 e. The van der Waals surface area contributed by atoms with Gasteiger partial charge in [0.15, 0.2) is 11.6 Å². The van der Waals surface area contributed by atoms with Crippen molar-refractivity contribution in [2.75, 3.05) is 30.3 Å². The number of fused-ring (bicyclic) bond motifs is 1. The quantitative estimate of drug-likeness (QED) is 0.208. The number of hydrogen-bond donors (Lipinski definition) is 2. The summed E-state index contributed by atoms with van der Waals surface area (Å²) in [6.45, 7) is 1.85. The zero-order valence-corrected chi connectivity index (χ0v) is 23.5. The van der Waals surface area contributed by atoms with Crippen LogP contribution in [0.4, 0.5) is 24.7 Å². The molecule has 0 unspecified atom stereocenters. The molecule has 44 heavy (non-hydrogen) atoms. The Morgan fingerprint density at radius 3 is 2.57 bits per heavy atom. The molecule has 0 saturated carbocycles. The SMILES string of the molecule is Cc1cc(Oc2ccccc2F)ncc1-n1ncc(C(=O)c2cc3cc(OCC(F)F)c(N4CCC(=O)CC4)cc3[nH]2)c1N. The fourth-order valence-electron chi connectivity index (χ4n) is 5.09. The van der Waals surface area contributed by atoms with E-state index in [1.165, 1.54) is 29.2 Å². The van der Waals surface area contributed by atoms with Crippen LogP contribution in [0.25, 0.3) is 16.6 Å². The third-order valence-corrected chi connectivity index (χ3v) is 7.36. The number of nitrogen functional groups attached to an aromatic ring is 1. The number of benzene rings is 2. The van der Waals surface area contributed by atoms with Crippen molar-refractivity contribution in [1.82, 2.24) is 19.7 Å². The van der Waals surface area contributed by atoms with Crippen LogP contribution in [0.1, 0.15) is 34.5 Å². The van der Waals surface area contributed by atoms with E-state index in [2.05, 4.69) is 15.1 Å². The lowest BCUT2D eigenvalue weighted by Gasteiger charge is -2.29. The molecule has 0 atom stereocenters. The normalized spacial score (nSPS) is 13.6. The maximum atomic E-state index is 14.0. The Morgan fingerprint density at radius 1 is 1.07 bits per heavy atom. The fourth-order valence-corrected chi connectivity index (χ4v) is 5.09. The average Bonchev–Trinajstić information content (AvgIpc) is 3.60. The molecular formula is C31H27F3N6O4. The summed E-state index contributed by atoms with van der Waals surface area (Å²) in [5.41, 5.74) is 9.01. The number of pyridine rings is 1. The molecule has 2 aromatic carbocycles. The number of hydrogen-bond acceptors (Lipinski definition) is 8. The van der Waals surface area contributed by atoms with Gasteiger partial charge in [0.1, 0.15) is 24.0 Å². The Morgan fingerprint density at radius 2 is 1.84 bits per heavy atom. The zero-order valence-electron chi connectivity index (χ0n) is 23.5.